The number of hydrogen-bond donors (Lipinski definition) is 0. The van der Waals surface area contributed by atoms with Gasteiger partial charge < -0.3 is 9.47 Å². The average molecular weight is 229 g/mol. The highest BCUT2D eigenvalue weighted by molar-refractivity contribution is 6.61. The molecule has 0 atom stereocenters. The van der Waals surface area contributed by atoms with E-state index in [4.69, 9.17) is 16.3 Å². The highest BCUT2D eigenvalue weighted by Gasteiger charge is 2.06. The van der Waals surface area contributed by atoms with Crippen molar-refractivity contribution in [2.45, 2.75) is 13.5 Å². The maximum atomic E-state index is 10.7. The molecule has 0 aliphatic carbocycles. The van der Waals surface area contributed by atoms with Crippen molar-refractivity contribution in [1.82, 2.24) is 0 Å². The summed E-state index contributed by atoms with van der Waals surface area (Å²) in [5.74, 6) is -0.0671. The van der Waals surface area contributed by atoms with Gasteiger partial charge in [-0.3, -0.25) is 4.79 Å². The maximum absolute atomic E-state index is 10.7. The average Bonchev–Trinajstić information content (AvgIpc) is 2.15. The Morgan fingerprint density at radius 2 is 2.00 bits per heavy atom. The van der Waals surface area contributed by atoms with E-state index in [2.05, 4.69) is 4.74 Å². The summed E-state index contributed by atoms with van der Waals surface area (Å²) in [6.45, 7) is 1.27. The molecule has 15 heavy (non-hydrogen) atoms. The molecule has 5 heteroatoms. The second kappa shape index (κ2) is 5.36. The lowest BCUT2D eigenvalue weighted by Gasteiger charge is -2.07. The van der Waals surface area contributed by atoms with Gasteiger partial charge in [-0.1, -0.05) is 18.2 Å². The molecule has 0 spiro atoms. The molecule has 0 N–H and O–H groups in total. The standard InChI is InChI=1S/C10H9ClO4/c1-7(12)15-9-5-3-2-4-8(9)6-14-10(11)13/h2-5H,6H2,1H3. The monoisotopic (exact) mass is 228 g/mol. The molecule has 80 valence electrons. The maximum Gasteiger partial charge on any atom is 0.404 e. The van der Waals surface area contributed by atoms with E-state index in [1.807, 2.05) is 0 Å². The third kappa shape index (κ3) is 3.99. The Balaban J connectivity index is 2.76. The SMILES string of the molecule is CC(=O)Oc1ccccc1COC(=O)Cl. The number of rotatable bonds is 3. The summed E-state index contributed by atoms with van der Waals surface area (Å²) in [5.41, 5.74) is -0.311. The number of carbonyl (C=O) groups is 2. The molecule has 0 aromatic heterocycles. The van der Waals surface area contributed by atoms with Crippen LogP contribution in [0.2, 0.25) is 0 Å². The largest absolute Gasteiger partial charge is 0.449 e. The van der Waals surface area contributed by atoms with Gasteiger partial charge in [0.15, 0.2) is 0 Å². The van der Waals surface area contributed by atoms with Gasteiger partial charge >= 0.3 is 11.4 Å². The second-order valence-corrected chi connectivity index (χ2v) is 3.04. The number of para-hydroxylation sites is 1. The molecule has 1 aromatic rings. The van der Waals surface area contributed by atoms with Crippen LogP contribution in [0.3, 0.4) is 0 Å². The van der Waals surface area contributed by atoms with Crippen LogP contribution in [-0.2, 0) is 16.1 Å². The third-order valence-corrected chi connectivity index (χ3v) is 1.68. The van der Waals surface area contributed by atoms with Crippen LogP contribution in [0.4, 0.5) is 4.79 Å². The molecule has 0 fully saturated rings. The highest BCUT2D eigenvalue weighted by Crippen LogP contribution is 2.19. The van der Waals surface area contributed by atoms with Crippen LogP contribution in [-0.4, -0.2) is 11.4 Å². The minimum absolute atomic E-state index is 0.0220. The number of hydrogen-bond acceptors (Lipinski definition) is 4. The van der Waals surface area contributed by atoms with Gasteiger partial charge in [-0.05, 0) is 6.07 Å². The number of halogens is 1. The first kappa shape index (κ1) is 11.5. The molecule has 0 bridgehead atoms. The smallest absolute Gasteiger partial charge is 0.404 e. The van der Waals surface area contributed by atoms with E-state index in [1.165, 1.54) is 6.92 Å². The molecule has 1 rings (SSSR count). The van der Waals surface area contributed by atoms with E-state index in [1.54, 1.807) is 24.3 Å². The molecule has 0 amide bonds. The second-order valence-electron chi connectivity index (χ2n) is 2.73. The predicted molar refractivity (Wildman–Crippen MR) is 53.8 cm³/mol. The highest BCUT2D eigenvalue weighted by atomic mass is 35.5. The van der Waals surface area contributed by atoms with Gasteiger partial charge in [-0.15, -0.1) is 0 Å². The van der Waals surface area contributed by atoms with Gasteiger partial charge in [0.2, 0.25) is 0 Å². The van der Waals surface area contributed by atoms with Crippen LogP contribution >= 0.6 is 11.6 Å². The lowest BCUT2D eigenvalue weighted by molar-refractivity contribution is -0.131. The minimum atomic E-state index is -0.896. The molecule has 0 saturated heterocycles. The summed E-state index contributed by atoms with van der Waals surface area (Å²) in [4.78, 5) is 21.1. The van der Waals surface area contributed by atoms with Crippen molar-refractivity contribution in [3.05, 3.63) is 29.8 Å². The zero-order valence-corrected chi connectivity index (χ0v) is 8.78. The van der Waals surface area contributed by atoms with Gasteiger partial charge in [-0.25, -0.2) is 4.79 Å². The fourth-order valence-electron chi connectivity index (χ4n) is 1.01. The molecular formula is C10H9ClO4. The molecule has 0 aliphatic heterocycles. The first-order valence-electron chi connectivity index (χ1n) is 4.18. The zero-order chi connectivity index (χ0) is 11.3. The Kier molecular flexibility index (Phi) is 4.12. The predicted octanol–water partition coefficient (Wildman–Crippen LogP) is 2.49. The van der Waals surface area contributed by atoms with Crippen LogP contribution in [0.5, 0.6) is 5.75 Å². The van der Waals surface area contributed by atoms with Crippen molar-refractivity contribution in [3.63, 3.8) is 0 Å². The Bertz CT molecular complexity index is 375. The van der Waals surface area contributed by atoms with Crippen LogP contribution in [0.25, 0.3) is 0 Å². The lowest BCUT2D eigenvalue weighted by Crippen LogP contribution is -2.05. The third-order valence-electron chi connectivity index (χ3n) is 1.57. The summed E-state index contributed by atoms with van der Waals surface area (Å²) < 4.78 is 9.49. The van der Waals surface area contributed by atoms with Crippen molar-refractivity contribution in [2.75, 3.05) is 0 Å². The van der Waals surface area contributed by atoms with Crippen molar-refractivity contribution in [2.24, 2.45) is 0 Å². The molecule has 0 aliphatic rings. The van der Waals surface area contributed by atoms with Crippen LogP contribution in [0.1, 0.15) is 12.5 Å². The Labute approximate surface area is 91.7 Å². The summed E-state index contributed by atoms with van der Waals surface area (Å²) in [7, 11) is 0. The lowest BCUT2D eigenvalue weighted by atomic mass is 10.2. The summed E-state index contributed by atoms with van der Waals surface area (Å²) >= 11 is 5.02. The number of benzene rings is 1. The van der Waals surface area contributed by atoms with Crippen molar-refractivity contribution >= 4 is 23.0 Å². The van der Waals surface area contributed by atoms with Gasteiger partial charge in [0.05, 0.1) is 0 Å². The number of carbonyl (C=O) groups excluding carboxylic acids is 2. The fraction of sp³-hybridized carbons (Fsp3) is 0.200. The normalized spacial score (nSPS) is 9.47. The molecule has 0 unspecified atom stereocenters. The van der Waals surface area contributed by atoms with Crippen LogP contribution in [0, 0.1) is 0 Å². The van der Waals surface area contributed by atoms with Crippen LogP contribution in [0.15, 0.2) is 24.3 Å². The topological polar surface area (TPSA) is 52.6 Å². The molecular weight excluding hydrogens is 220 g/mol. The van der Waals surface area contributed by atoms with Crippen molar-refractivity contribution in [1.29, 1.82) is 0 Å². The first-order chi connectivity index (χ1) is 7.09. The van der Waals surface area contributed by atoms with Gasteiger partial charge in [-0.2, -0.15) is 0 Å². The van der Waals surface area contributed by atoms with E-state index < -0.39 is 11.4 Å². The number of esters is 1. The Morgan fingerprint density at radius 1 is 1.33 bits per heavy atom. The molecule has 0 heterocycles. The minimum Gasteiger partial charge on any atom is -0.449 e. The summed E-state index contributed by atoms with van der Waals surface area (Å²) in [6.07, 6.45) is 0. The van der Waals surface area contributed by atoms with E-state index in [0.717, 1.165) is 0 Å². The molecule has 0 radical (unpaired) electrons. The van der Waals surface area contributed by atoms with E-state index >= 15 is 0 Å². The van der Waals surface area contributed by atoms with E-state index in [9.17, 15) is 9.59 Å². The van der Waals surface area contributed by atoms with E-state index in [0.29, 0.717) is 11.3 Å². The first-order valence-corrected chi connectivity index (χ1v) is 4.56. The molecule has 4 nitrogen and oxygen atoms in total. The summed E-state index contributed by atoms with van der Waals surface area (Å²) in [5, 5.41) is 0. The molecule has 1 aromatic carbocycles. The van der Waals surface area contributed by atoms with Gasteiger partial charge in [0.25, 0.3) is 0 Å². The van der Waals surface area contributed by atoms with Gasteiger partial charge in [0, 0.05) is 24.1 Å². The number of ether oxygens (including phenoxy) is 2. The Morgan fingerprint density at radius 3 is 2.60 bits per heavy atom. The fourth-order valence-corrected chi connectivity index (χ4v) is 1.07. The quantitative estimate of drug-likeness (QED) is 0.453. The van der Waals surface area contributed by atoms with Crippen molar-refractivity contribution < 1.29 is 19.1 Å². The molecule has 0 saturated carbocycles. The van der Waals surface area contributed by atoms with E-state index in [-0.39, 0.29) is 6.61 Å². The Hall–Kier alpha value is -1.55. The van der Waals surface area contributed by atoms with Gasteiger partial charge in [0.1, 0.15) is 12.4 Å². The van der Waals surface area contributed by atoms with Crippen molar-refractivity contribution in [3.8, 4) is 5.75 Å². The zero-order valence-electron chi connectivity index (χ0n) is 8.03. The summed E-state index contributed by atoms with van der Waals surface area (Å²) in [6, 6.07) is 6.74. The van der Waals surface area contributed by atoms with Crippen LogP contribution < -0.4 is 4.74 Å².